The molecule has 0 atom stereocenters. The van der Waals surface area contributed by atoms with E-state index < -0.39 is 0 Å². The summed E-state index contributed by atoms with van der Waals surface area (Å²) in [5.74, 6) is 6.22. The maximum Gasteiger partial charge on any atom is 0.161 e. The molecule has 0 aliphatic rings. The van der Waals surface area contributed by atoms with E-state index >= 15 is 0 Å². The van der Waals surface area contributed by atoms with Crippen molar-refractivity contribution in [3.63, 3.8) is 0 Å². The molecule has 1 heterocycles. The first kappa shape index (κ1) is 13.9. The van der Waals surface area contributed by atoms with Crippen molar-refractivity contribution >= 4 is 51.3 Å². The Labute approximate surface area is 131 Å². The lowest BCUT2D eigenvalue weighted by Crippen LogP contribution is -2.10. The van der Waals surface area contributed by atoms with Gasteiger partial charge in [0, 0.05) is 5.69 Å². The molecule has 106 valence electrons. The van der Waals surface area contributed by atoms with Gasteiger partial charge in [-0.05, 0) is 29.0 Å². The van der Waals surface area contributed by atoms with Crippen LogP contribution in [0, 0.1) is 0 Å². The van der Waals surface area contributed by atoms with Crippen LogP contribution in [0.5, 0.6) is 0 Å². The van der Waals surface area contributed by atoms with E-state index in [9.17, 15) is 0 Å². The van der Waals surface area contributed by atoms with Crippen molar-refractivity contribution in [2.24, 2.45) is 5.84 Å². The lowest BCUT2D eigenvalue weighted by molar-refractivity contribution is 1.22. The molecule has 3 rings (SSSR count). The molecule has 6 heteroatoms. The van der Waals surface area contributed by atoms with Crippen LogP contribution in [0.2, 0.25) is 10.0 Å². The highest BCUT2D eigenvalue weighted by Gasteiger charge is 2.09. The van der Waals surface area contributed by atoms with Gasteiger partial charge in [-0.2, -0.15) is 0 Å². The second-order valence-corrected chi connectivity index (χ2v) is 5.29. The summed E-state index contributed by atoms with van der Waals surface area (Å²) in [7, 11) is 0. The van der Waals surface area contributed by atoms with E-state index in [-0.39, 0.29) is 0 Å². The Morgan fingerprint density at radius 1 is 0.857 bits per heavy atom. The molecule has 2 aromatic carbocycles. The Balaban J connectivity index is 1.98. The van der Waals surface area contributed by atoms with Gasteiger partial charge in [0.15, 0.2) is 11.6 Å². The molecule has 3 aromatic rings. The number of aromatic nitrogens is 1. The number of anilines is 3. The third kappa shape index (κ3) is 2.88. The fourth-order valence-corrected chi connectivity index (χ4v) is 2.52. The van der Waals surface area contributed by atoms with Gasteiger partial charge in [-0.3, -0.25) is 0 Å². The topological polar surface area (TPSA) is 63.0 Å². The lowest BCUT2D eigenvalue weighted by atomic mass is 10.1. The highest BCUT2D eigenvalue weighted by molar-refractivity contribution is 6.37. The molecule has 0 bridgehead atoms. The minimum Gasteiger partial charge on any atom is -0.339 e. The molecule has 0 saturated heterocycles. The second kappa shape index (κ2) is 5.77. The predicted molar refractivity (Wildman–Crippen MR) is 89.3 cm³/mol. The van der Waals surface area contributed by atoms with Crippen LogP contribution >= 0.6 is 23.2 Å². The average molecular weight is 319 g/mol. The van der Waals surface area contributed by atoms with Gasteiger partial charge in [-0.25, -0.2) is 10.8 Å². The van der Waals surface area contributed by atoms with E-state index in [1.165, 1.54) is 5.39 Å². The second-order valence-electron chi connectivity index (χ2n) is 4.48. The van der Waals surface area contributed by atoms with Crippen molar-refractivity contribution in [1.82, 2.24) is 4.98 Å². The Bertz CT molecular complexity index is 805. The normalized spacial score (nSPS) is 10.6. The number of halogens is 2. The third-order valence-corrected chi connectivity index (χ3v) is 3.65. The van der Waals surface area contributed by atoms with Crippen molar-refractivity contribution in [1.29, 1.82) is 0 Å². The van der Waals surface area contributed by atoms with Crippen molar-refractivity contribution in [3.05, 3.63) is 58.6 Å². The summed E-state index contributed by atoms with van der Waals surface area (Å²) in [5, 5.41) is 6.26. The Kier molecular flexibility index (Phi) is 3.84. The minimum absolute atomic E-state index is 0.365. The molecule has 0 fully saturated rings. The van der Waals surface area contributed by atoms with Gasteiger partial charge in [0.25, 0.3) is 0 Å². The lowest BCUT2D eigenvalue weighted by Gasteiger charge is -2.11. The molecule has 21 heavy (non-hydrogen) atoms. The number of hydrogen-bond donors (Lipinski definition) is 3. The number of pyridine rings is 1. The predicted octanol–water partition coefficient (Wildman–Crippen LogP) is 4.57. The van der Waals surface area contributed by atoms with Gasteiger partial charge in [0.1, 0.15) is 0 Å². The van der Waals surface area contributed by atoms with Crippen LogP contribution < -0.4 is 16.6 Å². The fraction of sp³-hybridized carbons (Fsp3) is 0. The zero-order valence-corrected chi connectivity index (χ0v) is 12.4. The number of nitrogens with zero attached hydrogens (tertiary/aromatic N) is 1. The summed E-state index contributed by atoms with van der Waals surface area (Å²) in [6.07, 6.45) is 0. The standard InChI is InChI=1S/C15H12Cl2N4/c16-12-8-13(17)15(21-18)20-14(12)19-11-6-5-9-3-1-2-4-10(9)7-11/h1-8H,18H2,(H2,19,20,21). The third-order valence-electron chi connectivity index (χ3n) is 3.08. The van der Waals surface area contributed by atoms with Gasteiger partial charge >= 0.3 is 0 Å². The molecule has 0 unspecified atom stereocenters. The first-order chi connectivity index (χ1) is 10.2. The Morgan fingerprint density at radius 2 is 1.57 bits per heavy atom. The summed E-state index contributed by atoms with van der Waals surface area (Å²) >= 11 is 12.1. The molecule has 4 N–H and O–H groups in total. The van der Waals surface area contributed by atoms with Crippen LogP contribution in [0.3, 0.4) is 0 Å². The zero-order chi connectivity index (χ0) is 14.8. The molecule has 0 aliphatic heterocycles. The number of nitrogens with one attached hydrogen (secondary N) is 2. The molecule has 0 aliphatic carbocycles. The van der Waals surface area contributed by atoms with Crippen molar-refractivity contribution < 1.29 is 0 Å². The summed E-state index contributed by atoms with van der Waals surface area (Å²) in [6, 6.07) is 15.7. The number of fused-ring (bicyclic) bond motifs is 1. The van der Waals surface area contributed by atoms with Gasteiger partial charge in [-0.1, -0.05) is 53.5 Å². The smallest absolute Gasteiger partial charge is 0.161 e. The Hall–Kier alpha value is -2.01. The number of hydrazine groups is 1. The molecule has 0 spiro atoms. The molecule has 0 saturated carbocycles. The van der Waals surface area contributed by atoms with Gasteiger partial charge in [-0.15, -0.1) is 0 Å². The number of nitrogens with two attached hydrogens (primary N) is 1. The highest BCUT2D eigenvalue weighted by atomic mass is 35.5. The number of rotatable bonds is 3. The molecule has 4 nitrogen and oxygen atoms in total. The monoisotopic (exact) mass is 318 g/mol. The van der Waals surface area contributed by atoms with Crippen LogP contribution in [-0.4, -0.2) is 4.98 Å². The summed E-state index contributed by atoms with van der Waals surface area (Å²) in [4.78, 5) is 4.25. The summed E-state index contributed by atoms with van der Waals surface area (Å²) in [5.41, 5.74) is 3.32. The minimum atomic E-state index is 0.365. The number of nitrogen functional groups attached to an aromatic ring is 1. The number of hydrogen-bond acceptors (Lipinski definition) is 4. The van der Waals surface area contributed by atoms with Crippen LogP contribution in [0.4, 0.5) is 17.3 Å². The largest absolute Gasteiger partial charge is 0.339 e. The average Bonchev–Trinajstić information content (AvgIpc) is 2.50. The summed E-state index contributed by atoms with van der Waals surface area (Å²) < 4.78 is 0. The number of benzene rings is 2. The molecule has 0 amide bonds. The van der Waals surface area contributed by atoms with Crippen LogP contribution in [0.15, 0.2) is 48.5 Å². The Morgan fingerprint density at radius 3 is 2.33 bits per heavy atom. The zero-order valence-electron chi connectivity index (χ0n) is 10.9. The first-order valence-corrected chi connectivity index (χ1v) is 7.01. The van der Waals surface area contributed by atoms with Crippen molar-refractivity contribution in [2.75, 3.05) is 10.7 Å². The van der Waals surface area contributed by atoms with Crippen LogP contribution in [0.1, 0.15) is 0 Å². The van der Waals surface area contributed by atoms with E-state index in [0.29, 0.717) is 21.7 Å². The first-order valence-electron chi connectivity index (χ1n) is 6.26. The van der Waals surface area contributed by atoms with Crippen LogP contribution in [0.25, 0.3) is 10.8 Å². The van der Waals surface area contributed by atoms with Crippen molar-refractivity contribution in [2.45, 2.75) is 0 Å². The SMILES string of the molecule is NNc1nc(Nc2ccc3ccccc3c2)c(Cl)cc1Cl. The van der Waals surface area contributed by atoms with E-state index in [1.54, 1.807) is 6.07 Å². The van der Waals surface area contributed by atoms with E-state index in [1.807, 2.05) is 36.4 Å². The molecule has 0 radical (unpaired) electrons. The van der Waals surface area contributed by atoms with E-state index in [4.69, 9.17) is 29.0 Å². The van der Waals surface area contributed by atoms with Gasteiger partial charge in [0.05, 0.1) is 10.0 Å². The van der Waals surface area contributed by atoms with Crippen LogP contribution in [-0.2, 0) is 0 Å². The fourth-order valence-electron chi connectivity index (χ4n) is 2.06. The molecule has 1 aromatic heterocycles. The molecular formula is C15H12Cl2N4. The summed E-state index contributed by atoms with van der Waals surface area (Å²) in [6.45, 7) is 0. The maximum atomic E-state index is 6.15. The van der Waals surface area contributed by atoms with Crippen molar-refractivity contribution in [3.8, 4) is 0 Å². The van der Waals surface area contributed by atoms with E-state index in [0.717, 1.165) is 11.1 Å². The quantitative estimate of drug-likeness (QED) is 0.489. The highest BCUT2D eigenvalue weighted by Crippen LogP contribution is 2.31. The van der Waals surface area contributed by atoms with Gasteiger partial charge in [0.2, 0.25) is 0 Å². The van der Waals surface area contributed by atoms with E-state index in [2.05, 4.69) is 21.8 Å². The van der Waals surface area contributed by atoms with Gasteiger partial charge < -0.3 is 10.7 Å². The molecular weight excluding hydrogens is 307 g/mol. The maximum absolute atomic E-state index is 6.15.